The molecular formula is C32H30N8O18S4. The lowest BCUT2D eigenvalue weighted by Crippen LogP contribution is -2.04. The first kappa shape index (κ1) is 46.6. The van der Waals surface area contributed by atoms with Crippen LogP contribution < -0.4 is 20.9 Å². The van der Waals surface area contributed by atoms with Crippen LogP contribution in [0.3, 0.4) is 0 Å². The maximum Gasteiger partial charge on any atom is 0.296 e. The minimum absolute atomic E-state index is 0.178. The molecule has 5 aromatic rings. The van der Waals surface area contributed by atoms with E-state index in [2.05, 4.69) is 30.7 Å². The molecule has 0 unspecified atom stereocenters. The van der Waals surface area contributed by atoms with E-state index in [1.807, 2.05) is 0 Å². The Kier molecular flexibility index (Phi) is 13.4. The Balaban J connectivity index is 1.61. The number of benzene rings is 5. The zero-order valence-corrected chi connectivity index (χ0v) is 34.0. The van der Waals surface area contributed by atoms with Crippen LogP contribution in [0.1, 0.15) is 0 Å². The van der Waals surface area contributed by atoms with Crippen LogP contribution in [-0.4, -0.2) is 98.7 Å². The van der Waals surface area contributed by atoms with Crippen molar-refractivity contribution in [1.29, 1.82) is 0 Å². The van der Waals surface area contributed by atoms with Crippen LogP contribution in [0, 0.1) is 0 Å². The van der Waals surface area contributed by atoms with E-state index in [9.17, 15) is 72.3 Å². The molecule has 0 aliphatic rings. The molecule has 330 valence electrons. The van der Waals surface area contributed by atoms with Crippen molar-refractivity contribution in [3.8, 4) is 23.0 Å². The number of anilines is 2. The van der Waals surface area contributed by atoms with Crippen molar-refractivity contribution in [2.24, 2.45) is 30.7 Å². The van der Waals surface area contributed by atoms with Crippen molar-refractivity contribution in [3.05, 3.63) is 60.7 Å². The molecule has 0 bridgehead atoms. The predicted octanol–water partition coefficient (Wildman–Crippen LogP) is 4.39. The van der Waals surface area contributed by atoms with Gasteiger partial charge >= 0.3 is 0 Å². The van der Waals surface area contributed by atoms with E-state index in [1.54, 1.807) is 0 Å². The second kappa shape index (κ2) is 17.9. The SMILES string of the molecule is Nc1cc(N)c(S(=O)(=O)O)cc1N=Nc1ccc(N=Nc2cc(OCCO)c(N=Nc3c(S(=O)(=O)O)cc4cc(S(=O)(=O)O)cc(O)c4c3O)cc2OCCO)c(S(=O)(=O)O)c1. The van der Waals surface area contributed by atoms with Crippen molar-refractivity contribution < 1.29 is 81.8 Å². The molecule has 30 heteroatoms. The minimum atomic E-state index is -5.30. The number of rotatable bonds is 16. The summed E-state index contributed by atoms with van der Waals surface area (Å²) in [6.07, 6.45) is 0. The van der Waals surface area contributed by atoms with E-state index in [1.165, 1.54) is 0 Å². The molecule has 26 nitrogen and oxygen atoms in total. The van der Waals surface area contributed by atoms with E-state index in [-0.39, 0.29) is 39.9 Å². The average molecular weight is 943 g/mol. The number of aromatic hydroxyl groups is 2. The van der Waals surface area contributed by atoms with Gasteiger partial charge in [0.05, 0.1) is 40.6 Å². The summed E-state index contributed by atoms with van der Waals surface area (Å²) in [5.41, 5.74) is 8.08. The summed E-state index contributed by atoms with van der Waals surface area (Å²) in [5, 5.41) is 62.4. The van der Waals surface area contributed by atoms with E-state index in [0.717, 1.165) is 42.5 Å². The van der Waals surface area contributed by atoms with Crippen LogP contribution in [0.25, 0.3) is 10.8 Å². The number of hydrogen-bond acceptors (Lipinski definition) is 22. The predicted molar refractivity (Wildman–Crippen MR) is 212 cm³/mol. The van der Waals surface area contributed by atoms with Crippen LogP contribution in [0.4, 0.5) is 45.5 Å². The van der Waals surface area contributed by atoms with Gasteiger partial charge in [0.15, 0.2) is 5.75 Å². The number of fused-ring (bicyclic) bond motifs is 1. The van der Waals surface area contributed by atoms with Gasteiger partial charge in [-0.1, -0.05) is 0 Å². The highest BCUT2D eigenvalue weighted by molar-refractivity contribution is 7.86. The normalized spacial score (nSPS) is 12.9. The van der Waals surface area contributed by atoms with Gasteiger partial charge in [-0.15, -0.1) is 25.6 Å². The molecule has 62 heavy (non-hydrogen) atoms. The third-order valence-electron chi connectivity index (χ3n) is 7.87. The number of nitrogens with two attached hydrogens (primary N) is 2. The fraction of sp³-hybridized carbons (Fsp3) is 0.125. The summed E-state index contributed by atoms with van der Waals surface area (Å²) in [6.45, 7) is -2.02. The summed E-state index contributed by atoms with van der Waals surface area (Å²) < 4.78 is 146. The molecule has 0 aliphatic carbocycles. The lowest BCUT2D eigenvalue weighted by molar-refractivity contribution is 0.198. The van der Waals surface area contributed by atoms with E-state index in [4.69, 9.17) is 20.9 Å². The third kappa shape index (κ3) is 10.7. The van der Waals surface area contributed by atoms with Crippen molar-refractivity contribution in [1.82, 2.24) is 0 Å². The number of phenols is 2. The average Bonchev–Trinajstić information content (AvgIpc) is 3.16. The fourth-order valence-electron chi connectivity index (χ4n) is 5.21. The first-order valence-electron chi connectivity index (χ1n) is 16.5. The van der Waals surface area contributed by atoms with Gasteiger partial charge in [0.25, 0.3) is 40.5 Å². The fourth-order valence-corrected chi connectivity index (χ4v) is 7.66. The molecule has 0 spiro atoms. The molecule has 0 saturated carbocycles. The summed E-state index contributed by atoms with van der Waals surface area (Å²) in [5.74, 6) is -2.73. The van der Waals surface area contributed by atoms with Crippen LogP contribution in [-0.2, 0) is 40.5 Å². The number of azo groups is 3. The highest BCUT2D eigenvalue weighted by Crippen LogP contribution is 2.47. The van der Waals surface area contributed by atoms with Crippen molar-refractivity contribution in [2.75, 3.05) is 37.9 Å². The molecule has 5 rings (SSSR count). The Hall–Kier alpha value is -6.48. The molecule has 5 aromatic carbocycles. The number of aliphatic hydroxyl groups is 2. The summed E-state index contributed by atoms with van der Waals surface area (Å²) in [4.78, 5) is -3.67. The van der Waals surface area contributed by atoms with Gasteiger partial charge in [-0.2, -0.15) is 38.8 Å². The maximum atomic E-state index is 12.4. The quantitative estimate of drug-likeness (QED) is 0.0372. The van der Waals surface area contributed by atoms with Gasteiger partial charge in [-0.25, -0.2) is 0 Å². The lowest BCUT2D eigenvalue weighted by atomic mass is 10.1. The Labute approximate surface area is 349 Å². The largest absolute Gasteiger partial charge is 0.507 e. The second-order valence-corrected chi connectivity index (χ2v) is 17.7. The highest BCUT2D eigenvalue weighted by Gasteiger charge is 2.26. The molecule has 0 heterocycles. The van der Waals surface area contributed by atoms with E-state index < -0.39 is 126 Å². The molecule has 12 N–H and O–H groups in total. The zero-order valence-electron chi connectivity index (χ0n) is 30.7. The second-order valence-electron chi connectivity index (χ2n) is 12.1. The minimum Gasteiger partial charge on any atom is -0.507 e. The van der Waals surface area contributed by atoms with Gasteiger partial charge in [-0.3, -0.25) is 18.2 Å². The van der Waals surface area contributed by atoms with Crippen LogP contribution in [0.5, 0.6) is 23.0 Å². The molecule has 0 atom stereocenters. The number of nitrogens with zero attached hydrogens (tertiary/aromatic N) is 6. The molecule has 0 aliphatic heterocycles. The molecule has 0 aromatic heterocycles. The number of hydrogen-bond donors (Lipinski definition) is 10. The highest BCUT2D eigenvalue weighted by atomic mass is 32.2. The Morgan fingerprint density at radius 2 is 1.05 bits per heavy atom. The summed E-state index contributed by atoms with van der Waals surface area (Å²) in [7, 11) is -20.2. The Morgan fingerprint density at radius 3 is 1.58 bits per heavy atom. The molecule has 0 fully saturated rings. The molecule has 0 saturated heterocycles. The topological polar surface area (TPSA) is 443 Å². The van der Waals surface area contributed by atoms with Gasteiger partial charge in [0.1, 0.15) is 73.6 Å². The Bertz CT molecular complexity index is 3160. The lowest BCUT2D eigenvalue weighted by Gasteiger charge is -2.13. The Morgan fingerprint density at radius 1 is 0.516 bits per heavy atom. The van der Waals surface area contributed by atoms with Gasteiger partial charge in [0.2, 0.25) is 0 Å². The van der Waals surface area contributed by atoms with Crippen LogP contribution in [0.2, 0.25) is 0 Å². The zero-order chi connectivity index (χ0) is 45.9. The monoisotopic (exact) mass is 942 g/mol. The van der Waals surface area contributed by atoms with Crippen LogP contribution >= 0.6 is 0 Å². The summed E-state index contributed by atoms with van der Waals surface area (Å²) >= 11 is 0. The van der Waals surface area contributed by atoms with Gasteiger partial charge in [-0.05, 0) is 47.9 Å². The molecule has 0 radical (unpaired) electrons. The summed E-state index contributed by atoms with van der Waals surface area (Å²) in [6, 6.07) is 8.63. The third-order valence-corrected chi connectivity index (χ3v) is 11.4. The van der Waals surface area contributed by atoms with Gasteiger partial charge in [0, 0.05) is 18.2 Å². The van der Waals surface area contributed by atoms with E-state index >= 15 is 0 Å². The van der Waals surface area contributed by atoms with Gasteiger partial charge < -0.3 is 41.4 Å². The molecule has 0 amide bonds. The first-order chi connectivity index (χ1) is 28.8. The van der Waals surface area contributed by atoms with Crippen molar-refractivity contribution >= 4 is 96.7 Å². The maximum absolute atomic E-state index is 12.4. The number of ether oxygens (including phenoxy) is 2. The van der Waals surface area contributed by atoms with Crippen LogP contribution in [0.15, 0.2) is 111 Å². The van der Waals surface area contributed by atoms with E-state index in [0.29, 0.717) is 18.2 Å². The molecular weight excluding hydrogens is 913 g/mol. The van der Waals surface area contributed by atoms with Crippen molar-refractivity contribution in [3.63, 3.8) is 0 Å². The number of phenolic OH excluding ortho intramolecular Hbond substituents is 2. The smallest absolute Gasteiger partial charge is 0.296 e. The van der Waals surface area contributed by atoms with Crippen molar-refractivity contribution in [2.45, 2.75) is 19.6 Å². The standard InChI is InChI=1S/C32H30N8O18S4/c33-18-11-19(34)27(60(48,49)50)14-21(18)37-35-16-1-2-20(28(9-16)61(51,52)53)36-38-22-12-26(58-6-4-42)23(13-25(22)57-5-3-41)39-40-31-29(62(54,55)56)8-15-7-17(59(45,46)47)10-24(43)30(15)32(31)44/h1-2,7-14,41-44H,3-6,33-34H2,(H,45,46,47)(H,48,49,50)(H,51,52,53)(H,54,55,56). The number of aliphatic hydroxyl groups excluding tert-OH is 2. The number of nitrogen functional groups attached to an aromatic ring is 2. The first-order valence-corrected chi connectivity index (χ1v) is 22.3.